The first-order chi connectivity index (χ1) is 14.5. The fraction of sp³-hybridized carbons (Fsp3) is 0.0800. The molecule has 0 saturated heterocycles. The summed E-state index contributed by atoms with van der Waals surface area (Å²) in [5, 5.41) is 3.15. The first-order valence-electron chi connectivity index (χ1n) is 9.30. The maximum absolute atomic E-state index is 13.5. The van der Waals surface area contributed by atoms with Gasteiger partial charge in [-0.1, -0.05) is 48.5 Å². The van der Waals surface area contributed by atoms with Crippen LogP contribution >= 0.6 is 0 Å². The van der Waals surface area contributed by atoms with Crippen LogP contribution in [0.1, 0.15) is 36.6 Å². The molecule has 0 bridgehead atoms. The highest BCUT2D eigenvalue weighted by atomic mass is 16.5. The van der Waals surface area contributed by atoms with Crippen molar-refractivity contribution in [1.29, 1.82) is 0 Å². The molecule has 0 aliphatic heterocycles. The number of carbonyl (C=O) groups excluding carboxylic acids is 3. The summed E-state index contributed by atoms with van der Waals surface area (Å²) in [6, 6.07) is 21.3. The number of esters is 2. The van der Waals surface area contributed by atoms with E-state index >= 15 is 0 Å². The zero-order valence-electron chi connectivity index (χ0n) is 16.5. The van der Waals surface area contributed by atoms with Gasteiger partial charge in [0.2, 0.25) is 0 Å². The van der Waals surface area contributed by atoms with E-state index in [-0.39, 0.29) is 16.9 Å². The van der Waals surface area contributed by atoms with Crippen molar-refractivity contribution in [1.82, 2.24) is 0 Å². The summed E-state index contributed by atoms with van der Waals surface area (Å²) in [6.07, 6.45) is 0. The first-order valence-corrected chi connectivity index (χ1v) is 9.30. The van der Waals surface area contributed by atoms with Crippen LogP contribution in [0.15, 0.2) is 72.8 Å². The molecule has 4 aromatic rings. The number of hydrogen-bond donors (Lipinski definition) is 0. The van der Waals surface area contributed by atoms with Gasteiger partial charge in [0.25, 0.3) is 0 Å². The lowest BCUT2D eigenvalue weighted by Gasteiger charge is -2.12. The summed E-state index contributed by atoms with van der Waals surface area (Å²) in [4.78, 5) is 37.8. The third-order valence-electron chi connectivity index (χ3n) is 5.08. The Labute approximate surface area is 172 Å². The van der Waals surface area contributed by atoms with E-state index in [1.807, 2.05) is 30.3 Å². The molecule has 0 aromatic heterocycles. The Morgan fingerprint density at radius 1 is 0.633 bits per heavy atom. The number of ether oxygens (including phenoxy) is 2. The number of hydrogen-bond acceptors (Lipinski definition) is 5. The molecule has 4 aromatic carbocycles. The SMILES string of the molecule is COC(=O)c1ccc2c(C(=O)c3ccc4ccccc4c3)c(C(=O)OC)ccc2c1. The zero-order chi connectivity index (χ0) is 21.3. The van der Waals surface area contributed by atoms with Crippen LogP contribution in [0.2, 0.25) is 0 Å². The van der Waals surface area contributed by atoms with E-state index in [4.69, 9.17) is 9.47 Å². The van der Waals surface area contributed by atoms with Crippen LogP contribution in [0.5, 0.6) is 0 Å². The maximum atomic E-state index is 13.5. The molecule has 0 radical (unpaired) electrons. The van der Waals surface area contributed by atoms with E-state index in [0.717, 1.165) is 10.8 Å². The summed E-state index contributed by atoms with van der Waals surface area (Å²) < 4.78 is 9.67. The van der Waals surface area contributed by atoms with Crippen LogP contribution in [0, 0.1) is 0 Å². The molecule has 0 amide bonds. The Morgan fingerprint density at radius 2 is 1.27 bits per heavy atom. The lowest BCUT2D eigenvalue weighted by atomic mass is 9.91. The number of methoxy groups -OCH3 is 2. The molecule has 0 unspecified atom stereocenters. The van der Waals surface area contributed by atoms with Crippen molar-refractivity contribution in [2.24, 2.45) is 0 Å². The Morgan fingerprint density at radius 3 is 2.00 bits per heavy atom. The van der Waals surface area contributed by atoms with E-state index < -0.39 is 11.9 Å². The van der Waals surface area contributed by atoms with Gasteiger partial charge in [-0.2, -0.15) is 0 Å². The van der Waals surface area contributed by atoms with Gasteiger partial charge in [-0.15, -0.1) is 0 Å². The fourth-order valence-electron chi connectivity index (χ4n) is 3.57. The van der Waals surface area contributed by atoms with Crippen LogP contribution in [0.3, 0.4) is 0 Å². The minimum Gasteiger partial charge on any atom is -0.465 e. The normalized spacial score (nSPS) is 10.7. The van der Waals surface area contributed by atoms with Gasteiger partial charge >= 0.3 is 11.9 Å². The maximum Gasteiger partial charge on any atom is 0.338 e. The minimum atomic E-state index is -0.599. The van der Waals surface area contributed by atoms with Gasteiger partial charge in [-0.25, -0.2) is 9.59 Å². The van der Waals surface area contributed by atoms with Gasteiger partial charge in [0, 0.05) is 11.1 Å². The Balaban J connectivity index is 1.94. The zero-order valence-corrected chi connectivity index (χ0v) is 16.5. The largest absolute Gasteiger partial charge is 0.465 e. The highest BCUT2D eigenvalue weighted by molar-refractivity contribution is 6.22. The third kappa shape index (κ3) is 3.31. The lowest BCUT2D eigenvalue weighted by molar-refractivity contribution is 0.0590. The average Bonchev–Trinajstić information content (AvgIpc) is 2.81. The standard InChI is InChI=1S/C25H18O5/c1-29-24(27)19-10-11-20-17(14-19)9-12-21(25(28)30-2)22(20)23(26)18-8-7-15-5-3-4-6-16(15)13-18/h3-14H,1-2H3. The molecule has 0 fully saturated rings. The van der Waals surface area contributed by atoms with Crippen LogP contribution in [0.4, 0.5) is 0 Å². The number of carbonyl (C=O) groups is 3. The summed E-state index contributed by atoms with van der Waals surface area (Å²) in [5.74, 6) is -1.37. The predicted molar refractivity (Wildman–Crippen MR) is 114 cm³/mol. The highest BCUT2D eigenvalue weighted by Gasteiger charge is 2.23. The van der Waals surface area contributed by atoms with Crippen molar-refractivity contribution in [2.75, 3.05) is 14.2 Å². The molecular formula is C25H18O5. The van der Waals surface area contributed by atoms with E-state index in [0.29, 0.717) is 21.9 Å². The molecule has 0 heterocycles. The third-order valence-corrected chi connectivity index (χ3v) is 5.08. The van der Waals surface area contributed by atoms with Crippen molar-refractivity contribution in [3.05, 3.63) is 95.1 Å². The second kappa shape index (κ2) is 7.79. The van der Waals surface area contributed by atoms with Crippen molar-refractivity contribution in [2.45, 2.75) is 0 Å². The predicted octanol–water partition coefficient (Wildman–Crippen LogP) is 4.80. The van der Waals surface area contributed by atoms with Crippen LogP contribution < -0.4 is 0 Å². The van der Waals surface area contributed by atoms with Gasteiger partial charge in [-0.3, -0.25) is 4.79 Å². The monoisotopic (exact) mass is 398 g/mol. The van der Waals surface area contributed by atoms with Gasteiger partial charge in [0.15, 0.2) is 5.78 Å². The Bertz CT molecular complexity index is 1320. The first kappa shape index (κ1) is 19.3. The molecule has 0 N–H and O–H groups in total. The lowest BCUT2D eigenvalue weighted by Crippen LogP contribution is -2.12. The molecule has 0 spiro atoms. The highest BCUT2D eigenvalue weighted by Crippen LogP contribution is 2.28. The second-order valence-electron chi connectivity index (χ2n) is 6.80. The molecule has 0 aliphatic rings. The number of fused-ring (bicyclic) bond motifs is 2. The fourth-order valence-corrected chi connectivity index (χ4v) is 3.57. The summed E-state index contributed by atoms with van der Waals surface area (Å²) >= 11 is 0. The number of rotatable bonds is 4. The summed E-state index contributed by atoms with van der Waals surface area (Å²) in [7, 11) is 2.58. The van der Waals surface area contributed by atoms with E-state index in [1.54, 1.807) is 42.5 Å². The van der Waals surface area contributed by atoms with Gasteiger partial charge < -0.3 is 9.47 Å². The van der Waals surface area contributed by atoms with Crippen molar-refractivity contribution < 1.29 is 23.9 Å². The quantitative estimate of drug-likeness (QED) is 0.365. The minimum absolute atomic E-state index is 0.175. The number of benzene rings is 4. The molecule has 0 aliphatic carbocycles. The summed E-state index contributed by atoms with van der Waals surface area (Å²) in [6.45, 7) is 0. The topological polar surface area (TPSA) is 69.7 Å². The molecule has 30 heavy (non-hydrogen) atoms. The van der Waals surface area contributed by atoms with Crippen LogP contribution in [0.25, 0.3) is 21.5 Å². The van der Waals surface area contributed by atoms with Crippen molar-refractivity contribution in [3.8, 4) is 0 Å². The van der Waals surface area contributed by atoms with E-state index in [2.05, 4.69) is 0 Å². The molecule has 0 saturated carbocycles. The molecular weight excluding hydrogens is 380 g/mol. The van der Waals surface area contributed by atoms with E-state index in [1.165, 1.54) is 14.2 Å². The van der Waals surface area contributed by atoms with Crippen molar-refractivity contribution in [3.63, 3.8) is 0 Å². The molecule has 148 valence electrons. The Kier molecular flexibility index (Phi) is 5.02. The summed E-state index contributed by atoms with van der Waals surface area (Å²) in [5.41, 5.74) is 1.24. The van der Waals surface area contributed by atoms with Gasteiger partial charge in [-0.05, 0) is 45.8 Å². The molecule has 0 atom stereocenters. The molecule has 5 heteroatoms. The molecule has 5 nitrogen and oxygen atoms in total. The van der Waals surface area contributed by atoms with Crippen LogP contribution in [-0.2, 0) is 9.47 Å². The van der Waals surface area contributed by atoms with Crippen LogP contribution in [-0.4, -0.2) is 31.9 Å². The second-order valence-corrected chi connectivity index (χ2v) is 6.80. The van der Waals surface area contributed by atoms with E-state index in [9.17, 15) is 14.4 Å². The van der Waals surface area contributed by atoms with Gasteiger partial charge in [0.1, 0.15) is 0 Å². The Hall–Kier alpha value is -3.99. The van der Waals surface area contributed by atoms with Gasteiger partial charge in [0.05, 0.1) is 25.3 Å². The molecule has 4 rings (SSSR count). The van der Waals surface area contributed by atoms with Crippen molar-refractivity contribution >= 4 is 39.3 Å². The smallest absolute Gasteiger partial charge is 0.338 e. The number of ketones is 1. The average molecular weight is 398 g/mol.